The topological polar surface area (TPSA) is 66.5 Å². The molecule has 0 aromatic rings. The maximum absolute atomic E-state index is 12.2. The van der Waals surface area contributed by atoms with Crippen LogP contribution in [0.2, 0.25) is 0 Å². The highest BCUT2D eigenvalue weighted by Crippen LogP contribution is 2.31. The fourth-order valence-corrected chi connectivity index (χ4v) is 2.62. The predicted octanol–water partition coefficient (Wildman–Crippen LogP) is 0.0127. The number of Topliss-reactive ketones (excluding diaryl/α,β-unsaturated/α-hetero) is 1. The van der Waals surface area contributed by atoms with Gasteiger partial charge < -0.3 is 5.32 Å². The second kappa shape index (κ2) is 4.41. The van der Waals surface area contributed by atoms with Crippen molar-refractivity contribution in [1.29, 1.82) is 0 Å². The van der Waals surface area contributed by atoms with Crippen LogP contribution in [0.3, 0.4) is 0 Å². The predicted molar refractivity (Wildman–Crippen MR) is 61.1 cm³/mol. The van der Waals surface area contributed by atoms with Gasteiger partial charge in [0.05, 0.1) is 0 Å². The minimum Gasteiger partial charge on any atom is -0.317 e. The van der Waals surface area contributed by atoms with Crippen LogP contribution in [0.1, 0.15) is 26.2 Å². The first-order valence-electron chi connectivity index (χ1n) is 5.92. The first kappa shape index (κ1) is 12.0. The van der Waals surface area contributed by atoms with Gasteiger partial charge in [0.2, 0.25) is 0 Å². The first-order valence-corrected chi connectivity index (χ1v) is 5.92. The second-order valence-corrected chi connectivity index (χ2v) is 4.40. The highest BCUT2D eigenvalue weighted by atomic mass is 16.2. The van der Waals surface area contributed by atoms with Crippen molar-refractivity contribution >= 4 is 17.6 Å². The highest BCUT2D eigenvalue weighted by molar-refractivity contribution is 6.16. The lowest BCUT2D eigenvalue weighted by atomic mass is 9.81. The van der Waals surface area contributed by atoms with E-state index >= 15 is 0 Å². The molecule has 92 valence electrons. The Labute approximate surface area is 99.8 Å². The van der Waals surface area contributed by atoms with Crippen LogP contribution < -0.4 is 5.32 Å². The van der Waals surface area contributed by atoms with Gasteiger partial charge in [-0.3, -0.25) is 19.3 Å². The summed E-state index contributed by atoms with van der Waals surface area (Å²) in [6.45, 7) is 3.08. The molecule has 0 radical (unpaired) electrons. The molecule has 5 heteroatoms. The number of hydrogen-bond acceptors (Lipinski definition) is 4. The Kier molecular flexibility index (Phi) is 3.11. The van der Waals surface area contributed by atoms with Crippen molar-refractivity contribution in [2.45, 2.75) is 31.7 Å². The van der Waals surface area contributed by atoms with E-state index in [2.05, 4.69) is 5.32 Å². The molecule has 0 aliphatic carbocycles. The molecule has 0 saturated carbocycles. The Hall–Kier alpha value is -1.49. The van der Waals surface area contributed by atoms with Crippen LogP contribution in [0.5, 0.6) is 0 Å². The number of nitrogens with zero attached hydrogens (tertiary/aromatic N) is 1. The van der Waals surface area contributed by atoms with Crippen LogP contribution in [0.15, 0.2) is 12.2 Å². The van der Waals surface area contributed by atoms with Gasteiger partial charge in [0.25, 0.3) is 11.8 Å². The van der Waals surface area contributed by atoms with Crippen molar-refractivity contribution in [3.8, 4) is 0 Å². The molecule has 2 heterocycles. The van der Waals surface area contributed by atoms with E-state index in [0.29, 0.717) is 32.4 Å². The molecule has 0 spiro atoms. The third kappa shape index (κ3) is 1.80. The second-order valence-electron chi connectivity index (χ2n) is 4.40. The quantitative estimate of drug-likeness (QED) is 0.701. The van der Waals surface area contributed by atoms with E-state index in [-0.39, 0.29) is 17.6 Å². The SMILES string of the molecule is CCC(=O)C1(N2C(=O)C=CC2=O)CCNCC1. The molecule has 0 aromatic heterocycles. The lowest BCUT2D eigenvalue weighted by molar-refractivity contribution is -0.153. The van der Waals surface area contributed by atoms with Crippen LogP contribution >= 0.6 is 0 Å². The number of amides is 2. The highest BCUT2D eigenvalue weighted by Gasteiger charge is 2.49. The molecular formula is C12H16N2O3. The molecule has 2 aliphatic heterocycles. The Morgan fingerprint density at radius 1 is 1.29 bits per heavy atom. The van der Waals surface area contributed by atoms with Crippen molar-refractivity contribution in [2.75, 3.05) is 13.1 Å². The van der Waals surface area contributed by atoms with Crippen molar-refractivity contribution in [1.82, 2.24) is 10.2 Å². The van der Waals surface area contributed by atoms with Crippen molar-refractivity contribution in [3.05, 3.63) is 12.2 Å². The van der Waals surface area contributed by atoms with Crippen LogP contribution in [-0.2, 0) is 14.4 Å². The van der Waals surface area contributed by atoms with Crippen LogP contribution in [0, 0.1) is 0 Å². The number of carbonyl (C=O) groups is 3. The molecule has 1 N–H and O–H groups in total. The van der Waals surface area contributed by atoms with Crippen LogP contribution in [0.4, 0.5) is 0 Å². The Bertz CT molecular complexity index is 377. The van der Waals surface area contributed by atoms with Crippen molar-refractivity contribution < 1.29 is 14.4 Å². The summed E-state index contributed by atoms with van der Waals surface area (Å²) >= 11 is 0. The smallest absolute Gasteiger partial charge is 0.254 e. The van der Waals surface area contributed by atoms with Crippen molar-refractivity contribution in [3.63, 3.8) is 0 Å². The van der Waals surface area contributed by atoms with Gasteiger partial charge in [-0.05, 0) is 25.9 Å². The monoisotopic (exact) mass is 236 g/mol. The number of hydrogen-bond donors (Lipinski definition) is 1. The molecule has 1 saturated heterocycles. The molecule has 5 nitrogen and oxygen atoms in total. The van der Waals surface area contributed by atoms with Gasteiger partial charge >= 0.3 is 0 Å². The largest absolute Gasteiger partial charge is 0.317 e. The van der Waals surface area contributed by atoms with Gasteiger partial charge in [-0.2, -0.15) is 0 Å². The van der Waals surface area contributed by atoms with Gasteiger partial charge in [-0.25, -0.2) is 0 Å². The Balaban J connectivity index is 2.36. The zero-order valence-corrected chi connectivity index (χ0v) is 9.86. The Morgan fingerprint density at radius 3 is 2.29 bits per heavy atom. The summed E-state index contributed by atoms with van der Waals surface area (Å²) in [6.07, 6.45) is 3.86. The van der Waals surface area contributed by atoms with Gasteiger partial charge in [0, 0.05) is 18.6 Å². The van der Waals surface area contributed by atoms with Gasteiger partial charge in [-0.15, -0.1) is 0 Å². The lowest BCUT2D eigenvalue weighted by Gasteiger charge is -2.42. The average Bonchev–Trinajstić information content (AvgIpc) is 2.69. The lowest BCUT2D eigenvalue weighted by Crippen LogP contribution is -2.61. The molecule has 17 heavy (non-hydrogen) atoms. The molecular weight excluding hydrogens is 220 g/mol. The number of ketones is 1. The minimum absolute atomic E-state index is 0.0237. The average molecular weight is 236 g/mol. The molecule has 2 amide bonds. The normalized spacial score (nSPS) is 23.2. The number of nitrogens with one attached hydrogen (secondary N) is 1. The van der Waals surface area contributed by atoms with E-state index in [4.69, 9.17) is 0 Å². The molecule has 0 aromatic carbocycles. The molecule has 2 rings (SSSR count). The zero-order chi connectivity index (χ0) is 12.5. The number of carbonyl (C=O) groups excluding carboxylic acids is 3. The van der Waals surface area contributed by atoms with E-state index in [1.807, 2.05) is 0 Å². The zero-order valence-electron chi connectivity index (χ0n) is 9.86. The van der Waals surface area contributed by atoms with Crippen LogP contribution in [0.25, 0.3) is 0 Å². The standard InChI is InChI=1S/C12H16N2O3/c1-2-9(15)12(5-7-13-8-6-12)14-10(16)3-4-11(14)17/h3-4,13H,2,5-8H2,1H3. The Morgan fingerprint density at radius 2 is 1.82 bits per heavy atom. The third-order valence-electron chi connectivity index (χ3n) is 3.51. The van der Waals surface area contributed by atoms with Gasteiger partial charge in [0.1, 0.15) is 5.54 Å². The van der Waals surface area contributed by atoms with Crippen LogP contribution in [-0.4, -0.2) is 41.1 Å². The number of rotatable bonds is 3. The number of imide groups is 1. The maximum Gasteiger partial charge on any atom is 0.254 e. The van der Waals surface area contributed by atoms with Crippen molar-refractivity contribution in [2.24, 2.45) is 0 Å². The minimum atomic E-state index is -0.919. The maximum atomic E-state index is 12.2. The molecule has 2 aliphatic rings. The fourth-order valence-electron chi connectivity index (χ4n) is 2.62. The molecule has 1 fully saturated rings. The van der Waals surface area contributed by atoms with E-state index in [1.54, 1.807) is 6.92 Å². The summed E-state index contributed by atoms with van der Waals surface area (Å²) in [5.74, 6) is -0.748. The third-order valence-corrected chi connectivity index (χ3v) is 3.51. The summed E-state index contributed by atoms with van der Waals surface area (Å²) < 4.78 is 0. The first-order chi connectivity index (χ1) is 8.12. The summed E-state index contributed by atoms with van der Waals surface area (Å²) in [6, 6.07) is 0. The van der Waals surface area contributed by atoms with Gasteiger partial charge in [0.15, 0.2) is 5.78 Å². The molecule has 0 atom stereocenters. The fraction of sp³-hybridized carbons (Fsp3) is 0.583. The summed E-state index contributed by atoms with van der Waals surface area (Å²) in [7, 11) is 0. The van der Waals surface area contributed by atoms with E-state index in [1.165, 1.54) is 12.2 Å². The van der Waals surface area contributed by atoms with E-state index in [9.17, 15) is 14.4 Å². The molecule has 0 unspecified atom stereocenters. The molecule has 0 bridgehead atoms. The summed E-state index contributed by atoms with van der Waals surface area (Å²) in [5.41, 5.74) is -0.919. The van der Waals surface area contributed by atoms with E-state index < -0.39 is 5.54 Å². The number of piperidine rings is 1. The summed E-state index contributed by atoms with van der Waals surface area (Å²) in [4.78, 5) is 36.8. The van der Waals surface area contributed by atoms with E-state index in [0.717, 1.165) is 4.90 Å². The summed E-state index contributed by atoms with van der Waals surface area (Å²) in [5, 5.41) is 3.15. The van der Waals surface area contributed by atoms with Gasteiger partial charge in [-0.1, -0.05) is 6.92 Å².